The zero-order valence-electron chi connectivity index (χ0n) is 52.7. The Labute approximate surface area is 488 Å². The standard InChI is InChI=1S/C73H136O5/c1-3-5-7-9-11-13-15-17-19-21-23-25-27-29-31-32-33-34-35-36-37-38-39-40-42-44-46-48-50-52-54-56-58-60-62-64-66-68-73(76)78-71(69-74)70-77-72(75)67-65-63-61-59-57-55-53-51-49-47-45-43-41-30-28-26-24-22-20-18-16-14-12-10-8-6-4-2/h15,17,21-24,27,29,71,74H,3-14,16,18-20,25-26,28,30-70H2,1-2H3/b17-15-,23-21-,24-22-,29-27-. The van der Waals surface area contributed by atoms with E-state index in [0.29, 0.717) is 12.8 Å². The molecule has 78 heavy (non-hydrogen) atoms. The predicted octanol–water partition coefficient (Wildman–Crippen LogP) is 24.3. The van der Waals surface area contributed by atoms with Gasteiger partial charge in [-0.1, -0.05) is 345 Å². The molecule has 1 N–H and O–H groups in total. The third kappa shape index (κ3) is 66.4. The van der Waals surface area contributed by atoms with Gasteiger partial charge in [0.25, 0.3) is 0 Å². The predicted molar refractivity (Wildman–Crippen MR) is 344 cm³/mol. The van der Waals surface area contributed by atoms with Crippen molar-refractivity contribution in [3.8, 4) is 0 Å². The minimum atomic E-state index is -0.771. The van der Waals surface area contributed by atoms with Crippen LogP contribution in [-0.4, -0.2) is 36.4 Å². The summed E-state index contributed by atoms with van der Waals surface area (Å²) in [5, 5.41) is 9.70. The molecular weight excluding hydrogens is 957 g/mol. The molecule has 0 aliphatic rings. The molecule has 0 radical (unpaired) electrons. The molecular formula is C73H136O5. The lowest BCUT2D eigenvalue weighted by Crippen LogP contribution is -2.28. The van der Waals surface area contributed by atoms with E-state index in [4.69, 9.17) is 9.47 Å². The van der Waals surface area contributed by atoms with Crippen molar-refractivity contribution in [1.29, 1.82) is 0 Å². The molecule has 1 unspecified atom stereocenters. The number of carbonyl (C=O) groups is 2. The first-order valence-corrected chi connectivity index (χ1v) is 35.2. The maximum Gasteiger partial charge on any atom is 0.306 e. The number of aliphatic hydroxyl groups excluding tert-OH is 1. The Hall–Kier alpha value is -2.14. The van der Waals surface area contributed by atoms with Crippen LogP contribution in [-0.2, 0) is 19.1 Å². The Balaban J connectivity index is 3.39. The van der Waals surface area contributed by atoms with Crippen LogP contribution in [0.25, 0.3) is 0 Å². The molecule has 0 saturated carbocycles. The van der Waals surface area contributed by atoms with Gasteiger partial charge in [0, 0.05) is 12.8 Å². The largest absolute Gasteiger partial charge is 0.462 e. The summed E-state index contributed by atoms with van der Waals surface area (Å²) >= 11 is 0. The summed E-state index contributed by atoms with van der Waals surface area (Å²) in [6, 6.07) is 0. The first-order valence-electron chi connectivity index (χ1n) is 35.2. The molecule has 0 bridgehead atoms. The van der Waals surface area contributed by atoms with Crippen molar-refractivity contribution < 1.29 is 24.2 Å². The van der Waals surface area contributed by atoms with E-state index in [0.717, 1.165) is 51.4 Å². The summed E-state index contributed by atoms with van der Waals surface area (Å²) in [6.45, 7) is 4.18. The van der Waals surface area contributed by atoms with E-state index in [2.05, 4.69) is 62.5 Å². The fourth-order valence-corrected chi connectivity index (χ4v) is 10.8. The lowest BCUT2D eigenvalue weighted by molar-refractivity contribution is -0.161. The molecule has 458 valence electrons. The average Bonchev–Trinajstić information content (AvgIpc) is 3.44. The Bertz CT molecular complexity index is 1280. The number of rotatable bonds is 66. The molecule has 0 aromatic rings. The Morgan fingerprint density at radius 3 is 0.782 bits per heavy atom. The lowest BCUT2D eigenvalue weighted by atomic mass is 10.0. The molecule has 0 saturated heterocycles. The summed E-state index contributed by atoms with van der Waals surface area (Å²) < 4.78 is 10.8. The number of esters is 2. The van der Waals surface area contributed by atoms with Gasteiger partial charge in [-0.2, -0.15) is 0 Å². The summed E-state index contributed by atoms with van der Waals surface area (Å²) in [5.74, 6) is -0.568. The van der Waals surface area contributed by atoms with E-state index in [-0.39, 0.29) is 25.2 Å². The SMILES string of the molecule is CCCCCCC/C=C\C/C=C\C/C=C\CCCCCCCCCCCCCCCCCCCCCCCCC(=O)OC(CO)COC(=O)CCCCCCCCCCCCCCCCC/C=C\CCCCCCCCCC. The van der Waals surface area contributed by atoms with Crippen LogP contribution >= 0.6 is 0 Å². The van der Waals surface area contributed by atoms with Gasteiger partial charge in [-0.05, 0) is 77.0 Å². The molecule has 0 aromatic carbocycles. The van der Waals surface area contributed by atoms with Crippen molar-refractivity contribution in [2.45, 2.75) is 392 Å². The Morgan fingerprint density at radius 2 is 0.513 bits per heavy atom. The van der Waals surface area contributed by atoms with Crippen molar-refractivity contribution in [2.24, 2.45) is 0 Å². The van der Waals surface area contributed by atoms with E-state index < -0.39 is 6.10 Å². The smallest absolute Gasteiger partial charge is 0.306 e. The topological polar surface area (TPSA) is 72.8 Å². The number of hydrogen-bond donors (Lipinski definition) is 1. The molecule has 5 heteroatoms. The molecule has 0 rings (SSSR count). The number of unbranched alkanes of at least 4 members (excludes halogenated alkanes) is 50. The second kappa shape index (κ2) is 69.1. The summed E-state index contributed by atoms with van der Waals surface area (Å²) in [7, 11) is 0. The second-order valence-corrected chi connectivity index (χ2v) is 24.0. The van der Waals surface area contributed by atoms with Crippen molar-refractivity contribution in [1.82, 2.24) is 0 Å². The van der Waals surface area contributed by atoms with Gasteiger partial charge < -0.3 is 14.6 Å². The van der Waals surface area contributed by atoms with Crippen molar-refractivity contribution in [3.63, 3.8) is 0 Å². The monoisotopic (exact) mass is 1090 g/mol. The van der Waals surface area contributed by atoms with E-state index >= 15 is 0 Å². The quantitative estimate of drug-likeness (QED) is 0.0373. The van der Waals surface area contributed by atoms with Crippen LogP contribution < -0.4 is 0 Å². The fourth-order valence-electron chi connectivity index (χ4n) is 10.8. The zero-order chi connectivity index (χ0) is 56.2. The highest BCUT2D eigenvalue weighted by Gasteiger charge is 2.16. The van der Waals surface area contributed by atoms with Gasteiger partial charge in [-0.15, -0.1) is 0 Å². The highest BCUT2D eigenvalue weighted by molar-refractivity contribution is 5.70. The number of hydrogen-bond acceptors (Lipinski definition) is 5. The fraction of sp³-hybridized carbons (Fsp3) is 0.863. The van der Waals surface area contributed by atoms with Crippen LogP contribution in [0, 0.1) is 0 Å². The van der Waals surface area contributed by atoms with E-state index in [9.17, 15) is 14.7 Å². The van der Waals surface area contributed by atoms with Crippen LogP contribution in [0.5, 0.6) is 0 Å². The molecule has 0 aliphatic heterocycles. The van der Waals surface area contributed by atoms with Crippen LogP contribution in [0.4, 0.5) is 0 Å². The summed E-state index contributed by atoms with van der Waals surface area (Å²) in [4.78, 5) is 24.6. The van der Waals surface area contributed by atoms with Gasteiger partial charge in [-0.25, -0.2) is 0 Å². The van der Waals surface area contributed by atoms with Gasteiger partial charge in [0.05, 0.1) is 6.61 Å². The summed E-state index contributed by atoms with van der Waals surface area (Å²) in [6.07, 6.45) is 92.9. The van der Waals surface area contributed by atoms with Crippen LogP contribution in [0.2, 0.25) is 0 Å². The van der Waals surface area contributed by atoms with Gasteiger partial charge in [0.15, 0.2) is 6.10 Å². The maximum absolute atomic E-state index is 12.4. The average molecular weight is 1090 g/mol. The van der Waals surface area contributed by atoms with Gasteiger partial charge in [-0.3, -0.25) is 9.59 Å². The zero-order valence-corrected chi connectivity index (χ0v) is 52.7. The van der Waals surface area contributed by atoms with E-state index in [1.165, 1.54) is 308 Å². The Morgan fingerprint density at radius 1 is 0.295 bits per heavy atom. The molecule has 0 spiro atoms. The van der Waals surface area contributed by atoms with Crippen LogP contribution in [0.15, 0.2) is 48.6 Å². The van der Waals surface area contributed by atoms with Crippen LogP contribution in [0.1, 0.15) is 386 Å². The van der Waals surface area contributed by atoms with Crippen molar-refractivity contribution >= 4 is 11.9 Å². The first-order chi connectivity index (χ1) is 38.6. The molecule has 1 atom stereocenters. The lowest BCUT2D eigenvalue weighted by Gasteiger charge is -2.15. The minimum absolute atomic E-state index is 0.0603. The van der Waals surface area contributed by atoms with Gasteiger partial charge in [0.1, 0.15) is 6.61 Å². The number of aliphatic hydroxyl groups is 1. The molecule has 0 amide bonds. The molecule has 0 heterocycles. The van der Waals surface area contributed by atoms with Gasteiger partial charge in [0.2, 0.25) is 0 Å². The second-order valence-electron chi connectivity index (χ2n) is 24.0. The van der Waals surface area contributed by atoms with E-state index in [1.807, 2.05) is 0 Å². The number of allylic oxidation sites excluding steroid dienone is 8. The van der Waals surface area contributed by atoms with Crippen LogP contribution in [0.3, 0.4) is 0 Å². The first kappa shape index (κ1) is 75.9. The molecule has 0 fully saturated rings. The normalized spacial score (nSPS) is 12.4. The highest BCUT2D eigenvalue weighted by atomic mass is 16.6. The third-order valence-corrected chi connectivity index (χ3v) is 16.1. The Kier molecular flexibility index (Phi) is 67.2. The number of carbonyl (C=O) groups excluding carboxylic acids is 2. The van der Waals surface area contributed by atoms with Crippen molar-refractivity contribution in [3.05, 3.63) is 48.6 Å². The molecule has 0 aliphatic carbocycles. The molecule has 5 nitrogen and oxygen atoms in total. The summed E-state index contributed by atoms with van der Waals surface area (Å²) in [5.41, 5.74) is 0. The minimum Gasteiger partial charge on any atom is -0.462 e. The number of ether oxygens (including phenoxy) is 2. The van der Waals surface area contributed by atoms with Crippen molar-refractivity contribution in [2.75, 3.05) is 13.2 Å². The van der Waals surface area contributed by atoms with Gasteiger partial charge >= 0.3 is 11.9 Å². The highest BCUT2D eigenvalue weighted by Crippen LogP contribution is 2.19. The third-order valence-electron chi connectivity index (χ3n) is 16.1. The maximum atomic E-state index is 12.4. The molecule has 0 aromatic heterocycles. The van der Waals surface area contributed by atoms with E-state index in [1.54, 1.807) is 0 Å².